The first-order valence-electron chi connectivity index (χ1n) is 8.15. The van der Waals surface area contributed by atoms with Crippen molar-refractivity contribution < 1.29 is 17.7 Å². The summed E-state index contributed by atoms with van der Waals surface area (Å²) in [6.45, 7) is 6.83. The third-order valence-electron chi connectivity index (χ3n) is 4.26. The largest absolute Gasteiger partial charge is 0.360 e. The number of aryl methyl sites for hydroxylation is 2. The highest BCUT2D eigenvalue weighted by Crippen LogP contribution is 2.20. The van der Waals surface area contributed by atoms with Crippen molar-refractivity contribution in [2.24, 2.45) is 5.92 Å². The zero-order valence-corrected chi connectivity index (χ0v) is 16.7. The van der Waals surface area contributed by atoms with E-state index in [9.17, 15) is 13.2 Å². The van der Waals surface area contributed by atoms with Gasteiger partial charge in [0.15, 0.2) is 5.76 Å². The van der Waals surface area contributed by atoms with Crippen LogP contribution in [-0.2, 0) is 14.8 Å². The Labute approximate surface area is 155 Å². The van der Waals surface area contributed by atoms with Crippen LogP contribution in [0.2, 0.25) is 0 Å². The molecule has 1 aromatic rings. The number of likely N-dealkylation sites (tertiary alicyclic amines) is 1. The van der Waals surface area contributed by atoms with Crippen LogP contribution < -0.4 is 10.0 Å². The van der Waals surface area contributed by atoms with Crippen molar-refractivity contribution in [1.82, 2.24) is 20.1 Å². The first-order chi connectivity index (χ1) is 11.3. The number of carbonyl (C=O) groups is 1. The number of hydrogen-bond donors (Lipinski definition) is 2. The fourth-order valence-electron chi connectivity index (χ4n) is 3.19. The molecule has 0 bridgehead atoms. The molecule has 0 radical (unpaired) electrons. The maximum absolute atomic E-state index is 12.6. The summed E-state index contributed by atoms with van der Waals surface area (Å²) < 4.78 is 32.4. The molecule has 0 saturated carbocycles. The maximum atomic E-state index is 12.6. The van der Waals surface area contributed by atoms with Gasteiger partial charge < -0.3 is 14.7 Å². The van der Waals surface area contributed by atoms with Crippen LogP contribution in [0.5, 0.6) is 0 Å². The van der Waals surface area contributed by atoms with E-state index in [-0.39, 0.29) is 34.7 Å². The number of rotatable bonds is 6. The number of halogens is 1. The molecule has 1 aliphatic rings. The number of nitrogens with zero attached hydrogens (tertiary/aromatic N) is 2. The van der Waals surface area contributed by atoms with Crippen molar-refractivity contribution in [3.63, 3.8) is 0 Å². The molecule has 0 aliphatic carbocycles. The van der Waals surface area contributed by atoms with E-state index in [4.69, 9.17) is 4.52 Å². The van der Waals surface area contributed by atoms with Gasteiger partial charge in [-0.25, -0.2) is 8.42 Å². The summed E-state index contributed by atoms with van der Waals surface area (Å²) >= 11 is 0. The third-order valence-corrected chi connectivity index (χ3v) is 6.05. The Bertz CT molecular complexity index is 670. The summed E-state index contributed by atoms with van der Waals surface area (Å²) in [5.41, 5.74) is 0.284. The van der Waals surface area contributed by atoms with E-state index < -0.39 is 16.1 Å². The summed E-state index contributed by atoms with van der Waals surface area (Å²) in [5, 5.41) is 6.79. The molecule has 2 unspecified atom stereocenters. The number of hydrogen-bond acceptors (Lipinski definition) is 6. The average molecular weight is 395 g/mol. The van der Waals surface area contributed by atoms with Crippen LogP contribution in [0, 0.1) is 19.8 Å². The number of carbonyl (C=O) groups excluding carboxylic acids is 1. The van der Waals surface area contributed by atoms with Crippen molar-refractivity contribution in [2.75, 3.05) is 26.7 Å². The fourth-order valence-corrected chi connectivity index (χ4v) is 4.72. The lowest BCUT2D eigenvalue weighted by Gasteiger charge is -2.34. The summed E-state index contributed by atoms with van der Waals surface area (Å²) in [5.74, 6) is 0.414. The minimum atomic E-state index is -3.85. The van der Waals surface area contributed by atoms with Crippen LogP contribution in [0.4, 0.5) is 0 Å². The van der Waals surface area contributed by atoms with Crippen LogP contribution in [0.1, 0.15) is 31.2 Å². The predicted molar refractivity (Wildman–Crippen MR) is 96.2 cm³/mol. The van der Waals surface area contributed by atoms with E-state index in [0.717, 1.165) is 19.4 Å². The first kappa shape index (κ1) is 21.9. The molecule has 144 valence electrons. The molecule has 0 aromatic carbocycles. The topological polar surface area (TPSA) is 105 Å². The van der Waals surface area contributed by atoms with E-state index in [2.05, 4.69) is 15.2 Å². The van der Waals surface area contributed by atoms with Gasteiger partial charge in [0.05, 0.1) is 6.04 Å². The molecule has 0 spiro atoms. The molecule has 8 nitrogen and oxygen atoms in total. The highest BCUT2D eigenvalue weighted by molar-refractivity contribution is 7.89. The minimum absolute atomic E-state index is 0. The number of sulfonamides is 1. The number of aromatic nitrogens is 1. The Hall–Kier alpha value is -1.16. The lowest BCUT2D eigenvalue weighted by atomic mass is 9.97. The fraction of sp³-hybridized carbons (Fsp3) is 0.733. The van der Waals surface area contributed by atoms with Crippen molar-refractivity contribution >= 4 is 28.3 Å². The van der Waals surface area contributed by atoms with E-state index >= 15 is 0 Å². The van der Waals surface area contributed by atoms with E-state index in [1.165, 1.54) is 6.92 Å². The molecular weight excluding hydrogens is 368 g/mol. The smallest absolute Gasteiger partial charge is 0.246 e. The highest BCUT2D eigenvalue weighted by atomic mass is 35.5. The minimum Gasteiger partial charge on any atom is -0.360 e. The van der Waals surface area contributed by atoms with Crippen LogP contribution >= 0.6 is 12.4 Å². The zero-order valence-electron chi connectivity index (χ0n) is 15.0. The van der Waals surface area contributed by atoms with Crippen LogP contribution in [0.25, 0.3) is 0 Å². The lowest BCUT2D eigenvalue weighted by Crippen LogP contribution is -2.50. The first-order valence-corrected chi connectivity index (χ1v) is 9.63. The van der Waals surface area contributed by atoms with Gasteiger partial charge in [-0.1, -0.05) is 5.16 Å². The molecule has 25 heavy (non-hydrogen) atoms. The molecule has 1 aliphatic heterocycles. The van der Waals surface area contributed by atoms with Gasteiger partial charge in [-0.2, -0.15) is 4.72 Å². The van der Waals surface area contributed by atoms with Gasteiger partial charge in [0.2, 0.25) is 15.9 Å². The molecule has 10 heteroatoms. The van der Waals surface area contributed by atoms with Crippen LogP contribution in [-0.4, -0.2) is 57.1 Å². The Kier molecular flexibility index (Phi) is 7.86. The lowest BCUT2D eigenvalue weighted by molar-refractivity contribution is -0.134. The molecule has 2 rings (SSSR count). The van der Waals surface area contributed by atoms with E-state index in [1.807, 2.05) is 7.05 Å². The van der Waals surface area contributed by atoms with Crippen LogP contribution in [0.3, 0.4) is 0 Å². The van der Waals surface area contributed by atoms with Gasteiger partial charge in [-0.3, -0.25) is 4.79 Å². The van der Waals surface area contributed by atoms with Crippen molar-refractivity contribution in [2.45, 2.75) is 44.6 Å². The van der Waals surface area contributed by atoms with Crippen molar-refractivity contribution in [3.8, 4) is 0 Å². The molecule has 2 heterocycles. The molecule has 2 atom stereocenters. The van der Waals surface area contributed by atoms with Gasteiger partial charge in [0.25, 0.3) is 0 Å². The molecule has 1 amide bonds. The highest BCUT2D eigenvalue weighted by Gasteiger charge is 2.31. The Morgan fingerprint density at radius 2 is 2.12 bits per heavy atom. The van der Waals surface area contributed by atoms with Gasteiger partial charge in [0, 0.05) is 13.1 Å². The van der Waals surface area contributed by atoms with Crippen LogP contribution in [0.15, 0.2) is 9.42 Å². The normalized spacial score (nSPS) is 19.4. The van der Waals surface area contributed by atoms with E-state index in [0.29, 0.717) is 19.0 Å². The van der Waals surface area contributed by atoms with E-state index in [1.54, 1.807) is 18.7 Å². The molecule has 1 saturated heterocycles. The Morgan fingerprint density at radius 3 is 2.68 bits per heavy atom. The Morgan fingerprint density at radius 1 is 1.44 bits per heavy atom. The molecule has 1 aromatic heterocycles. The third kappa shape index (κ3) is 5.16. The number of piperidine rings is 1. The van der Waals surface area contributed by atoms with Gasteiger partial charge in [-0.15, -0.1) is 12.4 Å². The van der Waals surface area contributed by atoms with Crippen molar-refractivity contribution in [3.05, 3.63) is 11.5 Å². The standard InChI is InChI=1S/C15H26N4O4S.ClH/c1-10-14(12(3)23-17-10)24(21,22)18-11(2)15(20)19-7-5-6-13(9-19)8-16-4;/h11,13,16,18H,5-9H2,1-4H3;1H. The Balaban J connectivity index is 0.00000312. The van der Waals surface area contributed by atoms with Crippen molar-refractivity contribution in [1.29, 1.82) is 0 Å². The summed E-state index contributed by atoms with van der Waals surface area (Å²) in [6.07, 6.45) is 2.01. The second-order valence-electron chi connectivity index (χ2n) is 6.35. The predicted octanol–water partition coefficient (Wildman–Crippen LogP) is 0.838. The second kappa shape index (κ2) is 8.98. The van der Waals surface area contributed by atoms with Gasteiger partial charge in [0.1, 0.15) is 10.6 Å². The summed E-state index contributed by atoms with van der Waals surface area (Å²) in [6, 6.07) is -0.836. The maximum Gasteiger partial charge on any atom is 0.246 e. The summed E-state index contributed by atoms with van der Waals surface area (Å²) in [7, 11) is -1.96. The zero-order chi connectivity index (χ0) is 17.9. The quantitative estimate of drug-likeness (QED) is 0.740. The molecule has 2 N–H and O–H groups in total. The molecular formula is C15H27ClN4O4S. The number of nitrogens with one attached hydrogen (secondary N) is 2. The van der Waals surface area contributed by atoms with Gasteiger partial charge >= 0.3 is 0 Å². The average Bonchev–Trinajstić information content (AvgIpc) is 2.86. The summed E-state index contributed by atoms with van der Waals surface area (Å²) in [4.78, 5) is 14.4. The molecule has 1 fully saturated rings. The SMILES string of the molecule is CNCC1CCCN(C(=O)C(C)NS(=O)(=O)c2c(C)noc2C)C1.Cl. The monoisotopic (exact) mass is 394 g/mol. The second-order valence-corrected chi connectivity index (χ2v) is 8.00. The van der Waals surface area contributed by atoms with Gasteiger partial charge in [-0.05, 0) is 53.1 Å². The number of amides is 1.